The van der Waals surface area contributed by atoms with Crippen molar-refractivity contribution in [3.05, 3.63) is 35.5 Å². The summed E-state index contributed by atoms with van der Waals surface area (Å²) < 4.78 is 10.9. The summed E-state index contributed by atoms with van der Waals surface area (Å²) in [7, 11) is 3.31. The van der Waals surface area contributed by atoms with Crippen LogP contribution in [0.3, 0.4) is 0 Å². The number of aryl methyl sites for hydroxylation is 1. The standard InChI is InChI=1S/C15H14N2O2S/c1-9-11-5-4-10(18-2)8-12(11)14(19-3)13(17-9)15-16-6-7-20-15/h4-8H,1-3H3. The number of hydrogen-bond acceptors (Lipinski definition) is 5. The molecule has 0 saturated heterocycles. The summed E-state index contributed by atoms with van der Waals surface area (Å²) in [6.45, 7) is 1.99. The molecular weight excluding hydrogens is 272 g/mol. The van der Waals surface area contributed by atoms with Crippen LogP contribution in [0, 0.1) is 6.92 Å². The second-order valence-electron chi connectivity index (χ2n) is 4.33. The summed E-state index contributed by atoms with van der Waals surface area (Å²) in [5.41, 5.74) is 1.73. The fourth-order valence-electron chi connectivity index (χ4n) is 2.25. The van der Waals surface area contributed by atoms with Crippen LogP contribution in [0.15, 0.2) is 29.8 Å². The minimum absolute atomic E-state index is 0.736. The largest absolute Gasteiger partial charge is 0.497 e. The quantitative estimate of drug-likeness (QED) is 0.736. The zero-order chi connectivity index (χ0) is 14.1. The molecule has 102 valence electrons. The Bertz CT molecular complexity index is 754. The van der Waals surface area contributed by atoms with Gasteiger partial charge in [0.05, 0.1) is 14.2 Å². The Kier molecular flexibility index (Phi) is 3.28. The average Bonchev–Trinajstić information content (AvgIpc) is 3.00. The van der Waals surface area contributed by atoms with Crippen LogP contribution in [0.4, 0.5) is 0 Å². The molecule has 0 bridgehead atoms. The van der Waals surface area contributed by atoms with Gasteiger partial charge in [0.2, 0.25) is 0 Å². The van der Waals surface area contributed by atoms with E-state index in [0.29, 0.717) is 0 Å². The number of methoxy groups -OCH3 is 2. The number of pyridine rings is 1. The first-order chi connectivity index (χ1) is 9.74. The van der Waals surface area contributed by atoms with E-state index in [1.807, 2.05) is 30.5 Å². The Morgan fingerprint density at radius 2 is 1.95 bits per heavy atom. The molecule has 2 heterocycles. The summed E-state index contributed by atoms with van der Waals surface area (Å²) in [5, 5.41) is 4.84. The normalized spacial score (nSPS) is 10.8. The fraction of sp³-hybridized carbons (Fsp3) is 0.200. The highest BCUT2D eigenvalue weighted by molar-refractivity contribution is 7.13. The molecule has 0 spiro atoms. The maximum Gasteiger partial charge on any atom is 0.155 e. The first kappa shape index (κ1) is 12.9. The van der Waals surface area contributed by atoms with Crippen LogP contribution in [0.25, 0.3) is 21.5 Å². The lowest BCUT2D eigenvalue weighted by Gasteiger charge is -2.12. The Morgan fingerprint density at radius 3 is 2.60 bits per heavy atom. The van der Waals surface area contributed by atoms with E-state index >= 15 is 0 Å². The molecule has 0 fully saturated rings. The van der Waals surface area contributed by atoms with Crippen molar-refractivity contribution in [3.8, 4) is 22.2 Å². The predicted molar refractivity (Wildman–Crippen MR) is 80.7 cm³/mol. The first-order valence-electron chi connectivity index (χ1n) is 6.16. The number of fused-ring (bicyclic) bond motifs is 1. The van der Waals surface area contributed by atoms with E-state index in [0.717, 1.165) is 38.7 Å². The summed E-state index contributed by atoms with van der Waals surface area (Å²) in [6.07, 6.45) is 1.77. The molecule has 0 N–H and O–H groups in total. The first-order valence-corrected chi connectivity index (χ1v) is 7.04. The van der Waals surface area contributed by atoms with Crippen LogP contribution >= 0.6 is 11.3 Å². The van der Waals surface area contributed by atoms with E-state index in [1.54, 1.807) is 31.8 Å². The van der Waals surface area contributed by atoms with Gasteiger partial charge in [0, 0.05) is 28.0 Å². The van der Waals surface area contributed by atoms with E-state index in [2.05, 4.69) is 9.97 Å². The van der Waals surface area contributed by atoms with Crippen molar-refractivity contribution in [2.45, 2.75) is 6.92 Å². The second-order valence-corrected chi connectivity index (χ2v) is 5.22. The van der Waals surface area contributed by atoms with Crippen molar-refractivity contribution >= 4 is 22.1 Å². The SMILES string of the molecule is COc1ccc2c(C)nc(-c3nccs3)c(OC)c2c1. The van der Waals surface area contributed by atoms with Gasteiger partial charge in [0.25, 0.3) is 0 Å². The summed E-state index contributed by atoms with van der Waals surface area (Å²) in [4.78, 5) is 8.98. The smallest absolute Gasteiger partial charge is 0.155 e. The summed E-state index contributed by atoms with van der Waals surface area (Å²) >= 11 is 1.55. The number of aromatic nitrogens is 2. The van der Waals surface area contributed by atoms with Gasteiger partial charge in [-0.2, -0.15) is 0 Å². The molecular formula is C15H14N2O2S. The highest BCUT2D eigenvalue weighted by Crippen LogP contribution is 2.38. The van der Waals surface area contributed by atoms with E-state index in [9.17, 15) is 0 Å². The van der Waals surface area contributed by atoms with E-state index in [1.165, 1.54) is 0 Å². The molecule has 0 aliphatic heterocycles. The molecule has 3 rings (SSSR count). The Hall–Kier alpha value is -2.14. The molecule has 20 heavy (non-hydrogen) atoms. The lowest BCUT2D eigenvalue weighted by atomic mass is 10.1. The van der Waals surface area contributed by atoms with Crippen LogP contribution in [-0.4, -0.2) is 24.2 Å². The Morgan fingerprint density at radius 1 is 1.10 bits per heavy atom. The molecule has 0 radical (unpaired) electrons. The van der Waals surface area contributed by atoms with Crippen molar-refractivity contribution in [2.24, 2.45) is 0 Å². The second kappa shape index (κ2) is 5.09. The van der Waals surface area contributed by atoms with Gasteiger partial charge in [0.1, 0.15) is 16.5 Å². The number of ether oxygens (including phenoxy) is 2. The van der Waals surface area contributed by atoms with Gasteiger partial charge in [-0.1, -0.05) is 0 Å². The third kappa shape index (κ3) is 2.00. The minimum Gasteiger partial charge on any atom is -0.497 e. The summed E-state index contributed by atoms with van der Waals surface area (Å²) in [6, 6.07) is 5.91. The van der Waals surface area contributed by atoms with Gasteiger partial charge < -0.3 is 9.47 Å². The third-order valence-electron chi connectivity index (χ3n) is 3.19. The maximum atomic E-state index is 5.59. The number of rotatable bonds is 3. The summed E-state index contributed by atoms with van der Waals surface area (Å²) in [5.74, 6) is 1.53. The van der Waals surface area contributed by atoms with Gasteiger partial charge in [-0.25, -0.2) is 9.97 Å². The zero-order valence-corrected chi connectivity index (χ0v) is 12.3. The number of thiazole rings is 1. The number of benzene rings is 1. The molecule has 0 saturated carbocycles. The van der Waals surface area contributed by atoms with Crippen molar-refractivity contribution in [3.63, 3.8) is 0 Å². The van der Waals surface area contributed by atoms with Gasteiger partial charge in [-0.15, -0.1) is 11.3 Å². The van der Waals surface area contributed by atoms with Crippen molar-refractivity contribution in [1.82, 2.24) is 9.97 Å². The lowest BCUT2D eigenvalue weighted by molar-refractivity contribution is 0.412. The molecule has 5 heteroatoms. The number of nitrogens with zero attached hydrogens (tertiary/aromatic N) is 2. The van der Waals surface area contributed by atoms with Gasteiger partial charge in [-0.3, -0.25) is 0 Å². The molecule has 4 nitrogen and oxygen atoms in total. The molecule has 2 aromatic heterocycles. The Labute approximate surface area is 121 Å². The number of hydrogen-bond donors (Lipinski definition) is 0. The van der Waals surface area contributed by atoms with Crippen LogP contribution in [0.2, 0.25) is 0 Å². The van der Waals surface area contributed by atoms with Crippen LogP contribution in [0.1, 0.15) is 5.69 Å². The van der Waals surface area contributed by atoms with E-state index < -0.39 is 0 Å². The molecule has 0 amide bonds. The average molecular weight is 286 g/mol. The van der Waals surface area contributed by atoms with Gasteiger partial charge in [-0.05, 0) is 25.1 Å². The molecule has 0 unspecified atom stereocenters. The Balaban J connectivity index is 2.37. The predicted octanol–water partition coefficient (Wildman–Crippen LogP) is 3.68. The van der Waals surface area contributed by atoms with Gasteiger partial charge >= 0.3 is 0 Å². The molecule has 3 aromatic rings. The molecule has 0 aliphatic carbocycles. The van der Waals surface area contributed by atoms with Crippen LogP contribution in [-0.2, 0) is 0 Å². The third-order valence-corrected chi connectivity index (χ3v) is 3.97. The molecule has 1 aromatic carbocycles. The van der Waals surface area contributed by atoms with Crippen molar-refractivity contribution in [1.29, 1.82) is 0 Å². The molecule has 0 aliphatic rings. The molecule has 0 atom stereocenters. The van der Waals surface area contributed by atoms with Crippen LogP contribution in [0.5, 0.6) is 11.5 Å². The van der Waals surface area contributed by atoms with E-state index in [-0.39, 0.29) is 0 Å². The maximum absolute atomic E-state index is 5.59. The highest BCUT2D eigenvalue weighted by Gasteiger charge is 2.16. The highest BCUT2D eigenvalue weighted by atomic mass is 32.1. The van der Waals surface area contributed by atoms with Crippen LogP contribution < -0.4 is 9.47 Å². The van der Waals surface area contributed by atoms with Crippen molar-refractivity contribution < 1.29 is 9.47 Å². The van der Waals surface area contributed by atoms with Gasteiger partial charge in [0.15, 0.2) is 5.75 Å². The minimum atomic E-state index is 0.736. The fourth-order valence-corrected chi connectivity index (χ4v) is 2.87. The topological polar surface area (TPSA) is 44.2 Å². The monoisotopic (exact) mass is 286 g/mol. The van der Waals surface area contributed by atoms with Crippen molar-refractivity contribution in [2.75, 3.05) is 14.2 Å². The lowest BCUT2D eigenvalue weighted by Crippen LogP contribution is -1.96. The zero-order valence-electron chi connectivity index (χ0n) is 11.5. The van der Waals surface area contributed by atoms with E-state index in [4.69, 9.17) is 9.47 Å².